The van der Waals surface area contributed by atoms with Crippen LogP contribution in [0.25, 0.3) is 5.70 Å². The molecule has 3 aromatic rings. The molecular formula is C30H23Cl2NO2. The molecule has 0 fully saturated rings. The van der Waals surface area contributed by atoms with E-state index in [2.05, 4.69) is 18.7 Å². The number of fused-ring (bicyclic) bond motifs is 2. The Morgan fingerprint density at radius 2 is 1.49 bits per heavy atom. The standard InChI is InChI=1S/C30H23Cl2NO2/c1-30(2)15-23-26(24(34)16-30)25(17-12-13-21(31)22(32)14-17)27-28(33(23)18-8-4-3-5-9-18)19-10-6-7-11-20(19)29(27)35/h3-14,25H,15-16H2,1-2H3. The van der Waals surface area contributed by atoms with Gasteiger partial charge in [0.2, 0.25) is 0 Å². The maximum atomic E-state index is 14.0. The van der Waals surface area contributed by atoms with E-state index in [0.717, 1.165) is 28.2 Å². The summed E-state index contributed by atoms with van der Waals surface area (Å²) in [5.74, 6) is -0.474. The van der Waals surface area contributed by atoms with Crippen LogP contribution < -0.4 is 4.90 Å². The molecule has 1 atom stereocenters. The van der Waals surface area contributed by atoms with Gasteiger partial charge >= 0.3 is 0 Å². The fraction of sp³-hybridized carbons (Fsp3) is 0.200. The minimum Gasteiger partial charge on any atom is -0.313 e. The molecule has 0 aromatic heterocycles. The van der Waals surface area contributed by atoms with E-state index in [4.69, 9.17) is 23.2 Å². The molecule has 2 aliphatic carbocycles. The number of hydrogen-bond acceptors (Lipinski definition) is 3. The highest BCUT2D eigenvalue weighted by molar-refractivity contribution is 6.42. The van der Waals surface area contributed by atoms with E-state index in [9.17, 15) is 9.59 Å². The highest BCUT2D eigenvalue weighted by Crippen LogP contribution is 2.56. The summed E-state index contributed by atoms with van der Waals surface area (Å²) in [6.07, 6.45) is 1.14. The van der Waals surface area contributed by atoms with Crippen molar-refractivity contribution in [3.8, 4) is 0 Å². The molecule has 6 rings (SSSR count). The van der Waals surface area contributed by atoms with Gasteiger partial charge in [0.25, 0.3) is 0 Å². The number of hydrogen-bond donors (Lipinski definition) is 0. The average Bonchev–Trinajstić information content (AvgIpc) is 3.12. The summed E-state index contributed by atoms with van der Waals surface area (Å²) < 4.78 is 0. The Kier molecular flexibility index (Phi) is 5.07. The molecule has 0 bridgehead atoms. The average molecular weight is 500 g/mol. The zero-order chi connectivity index (χ0) is 24.5. The van der Waals surface area contributed by atoms with Crippen LogP contribution in [-0.2, 0) is 4.79 Å². The van der Waals surface area contributed by atoms with Crippen molar-refractivity contribution in [2.24, 2.45) is 5.41 Å². The molecule has 0 spiro atoms. The Labute approximate surface area is 214 Å². The van der Waals surface area contributed by atoms with Crippen molar-refractivity contribution in [1.82, 2.24) is 0 Å². The highest BCUT2D eigenvalue weighted by Gasteiger charge is 2.49. The van der Waals surface area contributed by atoms with E-state index >= 15 is 0 Å². The molecule has 1 heterocycles. The number of para-hydroxylation sites is 1. The Hall–Kier alpha value is -3.14. The summed E-state index contributed by atoms with van der Waals surface area (Å²) in [4.78, 5) is 30.0. The predicted octanol–water partition coefficient (Wildman–Crippen LogP) is 7.85. The summed E-state index contributed by atoms with van der Waals surface area (Å²) in [5, 5.41) is 0.850. The van der Waals surface area contributed by atoms with Gasteiger partial charge in [0.15, 0.2) is 11.6 Å². The van der Waals surface area contributed by atoms with Gasteiger partial charge in [-0.3, -0.25) is 9.59 Å². The van der Waals surface area contributed by atoms with Crippen LogP contribution in [0.5, 0.6) is 0 Å². The lowest BCUT2D eigenvalue weighted by molar-refractivity contribution is -0.118. The molecule has 1 unspecified atom stereocenters. The fourth-order valence-electron chi connectivity index (χ4n) is 5.79. The third-order valence-corrected chi connectivity index (χ3v) is 7.92. The molecule has 0 amide bonds. The largest absolute Gasteiger partial charge is 0.313 e. The van der Waals surface area contributed by atoms with Gasteiger partial charge in [-0.1, -0.05) is 85.6 Å². The number of benzene rings is 3. The maximum Gasteiger partial charge on any atom is 0.192 e. The number of halogens is 2. The molecule has 3 aliphatic rings. The van der Waals surface area contributed by atoms with E-state index in [1.54, 1.807) is 12.1 Å². The minimum absolute atomic E-state index is 0.0446. The second-order valence-corrected chi connectivity index (χ2v) is 11.0. The van der Waals surface area contributed by atoms with E-state index in [0.29, 0.717) is 39.6 Å². The van der Waals surface area contributed by atoms with E-state index < -0.39 is 5.92 Å². The normalized spacial score (nSPS) is 20.7. The van der Waals surface area contributed by atoms with Crippen molar-refractivity contribution in [1.29, 1.82) is 0 Å². The van der Waals surface area contributed by atoms with Gasteiger partial charge in [-0.05, 0) is 41.7 Å². The topological polar surface area (TPSA) is 37.4 Å². The van der Waals surface area contributed by atoms with Crippen LogP contribution in [-0.4, -0.2) is 11.6 Å². The van der Waals surface area contributed by atoms with Gasteiger partial charge in [0, 0.05) is 46.0 Å². The van der Waals surface area contributed by atoms with Crippen molar-refractivity contribution < 1.29 is 9.59 Å². The molecule has 0 N–H and O–H groups in total. The summed E-state index contributed by atoms with van der Waals surface area (Å²) in [7, 11) is 0. The summed E-state index contributed by atoms with van der Waals surface area (Å²) in [6, 6.07) is 23.1. The van der Waals surface area contributed by atoms with Crippen LogP contribution in [0.3, 0.4) is 0 Å². The lowest BCUT2D eigenvalue weighted by atomic mass is 9.68. The maximum absolute atomic E-state index is 14.0. The molecule has 3 aromatic carbocycles. The molecule has 0 radical (unpaired) electrons. The van der Waals surface area contributed by atoms with E-state index in [1.807, 2.05) is 60.7 Å². The Bertz CT molecular complexity index is 1480. The number of anilines is 1. The summed E-state index contributed by atoms with van der Waals surface area (Å²) in [6.45, 7) is 4.26. The number of rotatable bonds is 2. The number of carbonyl (C=O) groups is 2. The van der Waals surface area contributed by atoms with Gasteiger partial charge in [0.1, 0.15) is 0 Å². The molecule has 0 saturated heterocycles. The minimum atomic E-state index is -0.502. The fourth-order valence-corrected chi connectivity index (χ4v) is 6.10. The number of carbonyl (C=O) groups excluding carboxylic acids is 2. The van der Waals surface area contributed by atoms with Crippen LogP contribution in [0.1, 0.15) is 54.1 Å². The quantitative estimate of drug-likeness (QED) is 0.360. The van der Waals surface area contributed by atoms with Crippen LogP contribution in [0.4, 0.5) is 5.69 Å². The SMILES string of the molecule is CC1(C)CC(=O)C2=C(C1)N(c1ccccc1)C1=C(C(=O)c3ccccc31)C2c1ccc(Cl)c(Cl)c1. The number of allylic oxidation sites excluding steroid dienone is 3. The lowest BCUT2D eigenvalue weighted by Gasteiger charge is -2.44. The van der Waals surface area contributed by atoms with Gasteiger partial charge in [0.05, 0.1) is 15.7 Å². The monoisotopic (exact) mass is 499 g/mol. The number of nitrogens with zero attached hydrogens (tertiary/aromatic N) is 1. The second kappa shape index (κ2) is 7.94. The first-order chi connectivity index (χ1) is 16.8. The van der Waals surface area contributed by atoms with Crippen molar-refractivity contribution >= 4 is 46.2 Å². The number of Topliss-reactive ketones (excluding diaryl/α,β-unsaturated/α-hetero) is 2. The first kappa shape index (κ1) is 22.3. The second-order valence-electron chi connectivity index (χ2n) is 10.2. The van der Waals surface area contributed by atoms with Gasteiger partial charge < -0.3 is 4.90 Å². The lowest BCUT2D eigenvalue weighted by Crippen LogP contribution is -2.39. The van der Waals surface area contributed by atoms with Crippen LogP contribution in [0, 0.1) is 5.41 Å². The zero-order valence-electron chi connectivity index (χ0n) is 19.4. The Morgan fingerprint density at radius 1 is 0.800 bits per heavy atom. The van der Waals surface area contributed by atoms with Crippen molar-refractivity contribution in [3.05, 3.63) is 116 Å². The third kappa shape index (κ3) is 3.41. The zero-order valence-corrected chi connectivity index (χ0v) is 21.0. The first-order valence-electron chi connectivity index (χ1n) is 11.7. The highest BCUT2D eigenvalue weighted by atomic mass is 35.5. The molecule has 35 heavy (non-hydrogen) atoms. The molecule has 1 aliphatic heterocycles. The van der Waals surface area contributed by atoms with E-state index in [1.165, 1.54) is 0 Å². The van der Waals surface area contributed by atoms with Crippen molar-refractivity contribution in [3.63, 3.8) is 0 Å². The molecular weight excluding hydrogens is 477 g/mol. The molecule has 5 heteroatoms. The van der Waals surface area contributed by atoms with Crippen LogP contribution in [0.15, 0.2) is 89.6 Å². The van der Waals surface area contributed by atoms with Crippen molar-refractivity contribution in [2.75, 3.05) is 4.90 Å². The van der Waals surface area contributed by atoms with Crippen molar-refractivity contribution in [2.45, 2.75) is 32.6 Å². The molecule has 174 valence electrons. The Balaban J connectivity index is 1.71. The van der Waals surface area contributed by atoms with Gasteiger partial charge in [-0.15, -0.1) is 0 Å². The molecule has 0 saturated carbocycles. The predicted molar refractivity (Wildman–Crippen MR) is 141 cm³/mol. The van der Waals surface area contributed by atoms with E-state index in [-0.39, 0.29) is 17.0 Å². The van der Waals surface area contributed by atoms with Crippen LogP contribution >= 0.6 is 23.2 Å². The summed E-state index contributed by atoms with van der Waals surface area (Å²) in [5.41, 5.74) is 6.22. The van der Waals surface area contributed by atoms with Crippen LogP contribution in [0.2, 0.25) is 10.0 Å². The smallest absolute Gasteiger partial charge is 0.192 e. The first-order valence-corrected chi connectivity index (χ1v) is 12.5. The third-order valence-electron chi connectivity index (χ3n) is 7.19. The van der Waals surface area contributed by atoms with Gasteiger partial charge in [-0.2, -0.15) is 0 Å². The Morgan fingerprint density at radius 3 is 2.20 bits per heavy atom. The number of ketones is 2. The molecule has 3 nitrogen and oxygen atoms in total. The van der Waals surface area contributed by atoms with Gasteiger partial charge in [-0.25, -0.2) is 0 Å². The summed E-state index contributed by atoms with van der Waals surface area (Å²) >= 11 is 12.7.